The fourth-order valence-corrected chi connectivity index (χ4v) is 3.58. The van der Waals surface area contributed by atoms with Gasteiger partial charge in [-0.2, -0.15) is 0 Å². The minimum atomic E-state index is 0.260. The van der Waals surface area contributed by atoms with Crippen LogP contribution in [0.3, 0.4) is 0 Å². The number of rotatable bonds is 9. The number of carbonyl (C=O) groups is 1. The molecule has 0 saturated carbocycles. The van der Waals surface area contributed by atoms with E-state index in [1.54, 1.807) is 11.3 Å². The third-order valence-corrected chi connectivity index (χ3v) is 5.00. The van der Waals surface area contributed by atoms with E-state index in [9.17, 15) is 4.79 Å². The monoisotopic (exact) mass is 329 g/mol. The normalized spacial score (nSPS) is 10.7. The molecule has 1 aromatic carbocycles. The molecule has 0 aliphatic rings. The highest BCUT2D eigenvalue weighted by molar-refractivity contribution is 7.10. The van der Waals surface area contributed by atoms with Gasteiger partial charge in [-0.1, -0.05) is 62.9 Å². The summed E-state index contributed by atoms with van der Waals surface area (Å²) in [6.07, 6.45) is 6.64. The molecule has 1 amide bonds. The van der Waals surface area contributed by atoms with Crippen molar-refractivity contribution in [2.45, 2.75) is 52.0 Å². The molecule has 1 aromatic heterocycles. The zero-order valence-corrected chi connectivity index (χ0v) is 15.1. The molecule has 2 aromatic rings. The lowest BCUT2D eigenvalue weighted by Crippen LogP contribution is -2.25. The Balaban J connectivity index is 1.80. The number of benzene rings is 1. The molecule has 2 nitrogen and oxygen atoms in total. The third-order valence-electron chi connectivity index (χ3n) is 4.07. The molecule has 1 heterocycles. The van der Waals surface area contributed by atoms with Crippen molar-refractivity contribution in [1.29, 1.82) is 0 Å². The molecule has 0 saturated heterocycles. The van der Waals surface area contributed by atoms with Crippen LogP contribution in [0.2, 0.25) is 0 Å². The molecule has 2 rings (SSSR count). The molecule has 0 spiro atoms. The first-order valence-electron chi connectivity index (χ1n) is 8.57. The topological polar surface area (TPSA) is 20.3 Å². The zero-order valence-electron chi connectivity index (χ0n) is 14.3. The van der Waals surface area contributed by atoms with Crippen LogP contribution in [0.15, 0.2) is 41.8 Å². The first kappa shape index (κ1) is 17.7. The van der Waals surface area contributed by atoms with Crippen molar-refractivity contribution in [2.75, 3.05) is 7.05 Å². The minimum Gasteiger partial charge on any atom is -0.341 e. The average molecular weight is 330 g/mol. The molecule has 0 radical (unpaired) electrons. The Bertz CT molecular complexity index is 591. The molecule has 0 aliphatic heterocycles. The molecule has 0 fully saturated rings. The third kappa shape index (κ3) is 5.83. The predicted molar refractivity (Wildman–Crippen MR) is 99.6 cm³/mol. The average Bonchev–Trinajstić information content (AvgIpc) is 3.03. The Morgan fingerprint density at radius 2 is 1.78 bits per heavy atom. The van der Waals surface area contributed by atoms with Crippen molar-refractivity contribution in [2.24, 2.45) is 0 Å². The number of nitrogens with zero attached hydrogens (tertiary/aromatic N) is 1. The number of unbranched alkanes of at least 4 members (excludes halogenated alkanes) is 4. The molecule has 0 N–H and O–H groups in total. The van der Waals surface area contributed by atoms with Crippen LogP contribution in [-0.4, -0.2) is 17.9 Å². The molecule has 0 atom stereocenters. The van der Waals surface area contributed by atoms with Crippen LogP contribution in [0, 0.1) is 0 Å². The van der Waals surface area contributed by atoms with Gasteiger partial charge in [0.25, 0.3) is 0 Å². The van der Waals surface area contributed by atoms with Crippen molar-refractivity contribution >= 4 is 17.2 Å². The first-order chi connectivity index (χ1) is 11.2. The SMILES string of the molecule is CCCCCCCC(=O)N(C)Cc1cc(-c2ccccc2)cs1. The van der Waals surface area contributed by atoms with Crippen LogP contribution in [0.5, 0.6) is 0 Å². The highest BCUT2D eigenvalue weighted by Crippen LogP contribution is 2.26. The largest absolute Gasteiger partial charge is 0.341 e. The van der Waals surface area contributed by atoms with Gasteiger partial charge in [0.2, 0.25) is 5.91 Å². The fraction of sp³-hybridized carbons (Fsp3) is 0.450. The number of amides is 1. The minimum absolute atomic E-state index is 0.260. The Labute approximate surface area is 144 Å². The van der Waals surface area contributed by atoms with Gasteiger partial charge in [-0.3, -0.25) is 4.79 Å². The predicted octanol–water partition coefficient (Wildman–Crippen LogP) is 5.73. The molecule has 0 bridgehead atoms. The molecule has 0 unspecified atom stereocenters. The Morgan fingerprint density at radius 1 is 1.04 bits per heavy atom. The Kier molecular flexibility index (Phi) is 7.34. The van der Waals surface area contributed by atoms with E-state index in [-0.39, 0.29) is 5.91 Å². The second-order valence-electron chi connectivity index (χ2n) is 6.08. The summed E-state index contributed by atoms with van der Waals surface area (Å²) in [5.74, 6) is 0.260. The van der Waals surface area contributed by atoms with Crippen LogP contribution in [0.4, 0.5) is 0 Å². The van der Waals surface area contributed by atoms with Gasteiger partial charge in [-0.15, -0.1) is 11.3 Å². The number of carbonyl (C=O) groups excluding carboxylic acids is 1. The Hall–Kier alpha value is -1.61. The van der Waals surface area contributed by atoms with Crippen LogP contribution in [0.1, 0.15) is 50.3 Å². The lowest BCUT2D eigenvalue weighted by atomic mass is 10.1. The quantitative estimate of drug-likeness (QED) is 0.538. The van der Waals surface area contributed by atoms with Gasteiger partial charge in [-0.05, 0) is 29.0 Å². The smallest absolute Gasteiger partial charge is 0.222 e. The molecule has 3 heteroatoms. The zero-order chi connectivity index (χ0) is 16.5. The second-order valence-corrected chi connectivity index (χ2v) is 7.08. The lowest BCUT2D eigenvalue weighted by Gasteiger charge is -2.16. The summed E-state index contributed by atoms with van der Waals surface area (Å²) in [5, 5.41) is 2.17. The summed E-state index contributed by atoms with van der Waals surface area (Å²) in [4.78, 5) is 15.3. The summed E-state index contributed by atoms with van der Waals surface area (Å²) < 4.78 is 0. The number of hydrogen-bond acceptors (Lipinski definition) is 2. The van der Waals surface area contributed by atoms with E-state index in [0.717, 1.165) is 6.42 Å². The van der Waals surface area contributed by atoms with Crippen molar-refractivity contribution in [3.63, 3.8) is 0 Å². The van der Waals surface area contributed by atoms with Gasteiger partial charge >= 0.3 is 0 Å². The van der Waals surface area contributed by atoms with Gasteiger partial charge in [0, 0.05) is 18.3 Å². The molecule has 0 aliphatic carbocycles. The van der Waals surface area contributed by atoms with Crippen molar-refractivity contribution in [1.82, 2.24) is 4.90 Å². The highest BCUT2D eigenvalue weighted by Gasteiger charge is 2.10. The van der Waals surface area contributed by atoms with Crippen molar-refractivity contribution in [3.8, 4) is 11.1 Å². The summed E-state index contributed by atoms with van der Waals surface area (Å²) in [6.45, 7) is 2.93. The molecular weight excluding hydrogens is 302 g/mol. The van der Waals surface area contributed by atoms with Crippen LogP contribution in [-0.2, 0) is 11.3 Å². The van der Waals surface area contributed by atoms with Gasteiger partial charge in [0.1, 0.15) is 0 Å². The van der Waals surface area contributed by atoms with Crippen LogP contribution in [0.25, 0.3) is 11.1 Å². The van der Waals surface area contributed by atoms with Gasteiger partial charge in [0.15, 0.2) is 0 Å². The standard InChI is InChI=1S/C20H27NOS/c1-3-4-5-6-10-13-20(22)21(2)15-19-14-18(16-23-19)17-11-8-7-9-12-17/h7-9,11-12,14,16H,3-6,10,13,15H2,1-2H3. The summed E-state index contributed by atoms with van der Waals surface area (Å²) in [6, 6.07) is 12.6. The van der Waals surface area contributed by atoms with Crippen molar-refractivity contribution < 1.29 is 4.79 Å². The maximum atomic E-state index is 12.2. The summed E-state index contributed by atoms with van der Waals surface area (Å²) in [7, 11) is 1.91. The maximum Gasteiger partial charge on any atom is 0.222 e. The summed E-state index contributed by atoms with van der Waals surface area (Å²) >= 11 is 1.73. The van der Waals surface area contributed by atoms with Crippen LogP contribution < -0.4 is 0 Å². The van der Waals surface area contributed by atoms with Gasteiger partial charge in [0.05, 0.1) is 6.54 Å². The summed E-state index contributed by atoms with van der Waals surface area (Å²) in [5.41, 5.74) is 2.48. The van der Waals surface area contributed by atoms with E-state index in [1.807, 2.05) is 18.0 Å². The van der Waals surface area contributed by atoms with E-state index in [0.29, 0.717) is 13.0 Å². The lowest BCUT2D eigenvalue weighted by molar-refractivity contribution is -0.130. The van der Waals surface area contributed by atoms with Crippen molar-refractivity contribution in [3.05, 3.63) is 46.7 Å². The van der Waals surface area contributed by atoms with Gasteiger partial charge < -0.3 is 4.90 Å². The molecular formula is C20H27NOS. The molecule has 124 valence electrons. The van der Waals surface area contributed by atoms with Crippen LogP contribution >= 0.6 is 11.3 Å². The number of thiophene rings is 1. The van der Waals surface area contributed by atoms with E-state index in [2.05, 4.69) is 42.6 Å². The van der Waals surface area contributed by atoms with Gasteiger partial charge in [-0.25, -0.2) is 0 Å². The number of hydrogen-bond donors (Lipinski definition) is 0. The second kappa shape index (κ2) is 9.51. The van der Waals surface area contributed by atoms with E-state index < -0.39 is 0 Å². The highest BCUT2D eigenvalue weighted by atomic mass is 32.1. The fourth-order valence-electron chi connectivity index (χ4n) is 2.64. The van der Waals surface area contributed by atoms with E-state index >= 15 is 0 Å². The van der Waals surface area contributed by atoms with E-state index in [1.165, 1.54) is 41.7 Å². The first-order valence-corrected chi connectivity index (χ1v) is 9.45. The molecule has 23 heavy (non-hydrogen) atoms. The Morgan fingerprint density at radius 3 is 2.52 bits per heavy atom. The van der Waals surface area contributed by atoms with E-state index in [4.69, 9.17) is 0 Å². The maximum absolute atomic E-state index is 12.2.